The molecule has 0 aliphatic carbocycles. The molecule has 126 valence electrons. The van der Waals surface area contributed by atoms with Crippen LogP contribution in [0.3, 0.4) is 0 Å². The second kappa shape index (κ2) is 7.69. The second-order valence-corrected chi connectivity index (χ2v) is 6.32. The summed E-state index contributed by atoms with van der Waals surface area (Å²) in [7, 11) is 5.05. The van der Waals surface area contributed by atoms with Gasteiger partial charge in [-0.25, -0.2) is 4.99 Å². The second-order valence-electron chi connectivity index (χ2n) is 5.18. The van der Waals surface area contributed by atoms with Crippen molar-refractivity contribution in [3.63, 3.8) is 0 Å². The summed E-state index contributed by atoms with van der Waals surface area (Å²) in [6.07, 6.45) is 1.79. The predicted molar refractivity (Wildman–Crippen MR) is 94.0 cm³/mol. The average molecular weight is 347 g/mol. The molecule has 1 aromatic heterocycles. The average Bonchev–Trinajstić information content (AvgIpc) is 2.95. The predicted octanol–water partition coefficient (Wildman–Crippen LogP) is 3.26. The van der Waals surface area contributed by atoms with Gasteiger partial charge in [-0.1, -0.05) is 0 Å². The first kappa shape index (κ1) is 17.6. The van der Waals surface area contributed by atoms with E-state index in [1.54, 1.807) is 23.4 Å². The van der Waals surface area contributed by atoms with Crippen LogP contribution in [0.15, 0.2) is 35.3 Å². The molecule has 0 radical (unpaired) electrons. The number of nitro groups is 1. The van der Waals surface area contributed by atoms with Crippen LogP contribution in [0.4, 0.5) is 11.4 Å². The Kier molecular flexibility index (Phi) is 5.64. The monoisotopic (exact) mass is 347 g/mol. The minimum absolute atomic E-state index is 0.0379. The van der Waals surface area contributed by atoms with Crippen molar-refractivity contribution in [2.75, 3.05) is 21.2 Å². The van der Waals surface area contributed by atoms with Crippen LogP contribution in [0.2, 0.25) is 0 Å². The number of benzene rings is 1. The van der Waals surface area contributed by atoms with Gasteiger partial charge in [-0.3, -0.25) is 14.9 Å². The van der Waals surface area contributed by atoms with E-state index in [2.05, 4.69) is 4.99 Å². The molecule has 0 atom stereocenters. The highest BCUT2D eigenvalue weighted by Crippen LogP contribution is 2.37. The van der Waals surface area contributed by atoms with E-state index in [-0.39, 0.29) is 18.1 Å². The summed E-state index contributed by atoms with van der Waals surface area (Å²) < 4.78 is 4.72. The Bertz CT molecular complexity index is 766. The van der Waals surface area contributed by atoms with Crippen LogP contribution in [0.1, 0.15) is 4.88 Å². The summed E-state index contributed by atoms with van der Waals surface area (Å²) >= 11 is 1.42. The number of rotatable bonds is 6. The first-order valence-electron chi connectivity index (χ1n) is 7.05. The molecule has 0 bridgehead atoms. The molecule has 1 heterocycles. The van der Waals surface area contributed by atoms with Gasteiger partial charge in [0.1, 0.15) is 0 Å². The lowest BCUT2D eigenvalue weighted by molar-refractivity contribution is -0.384. The molecule has 0 fully saturated rings. The maximum Gasteiger partial charge on any atom is 0.310 e. The molecule has 24 heavy (non-hydrogen) atoms. The van der Waals surface area contributed by atoms with Crippen LogP contribution in [-0.4, -0.2) is 43.3 Å². The first-order chi connectivity index (χ1) is 11.4. The molecule has 2 rings (SSSR count). The van der Waals surface area contributed by atoms with Crippen molar-refractivity contribution in [2.45, 2.75) is 6.42 Å². The van der Waals surface area contributed by atoms with E-state index in [0.717, 1.165) is 15.3 Å². The zero-order chi connectivity index (χ0) is 17.7. The number of nitro benzene ring substituents is 1. The molecule has 0 unspecified atom stereocenters. The Morgan fingerprint density at radius 3 is 2.58 bits per heavy atom. The zero-order valence-corrected chi connectivity index (χ0v) is 14.4. The highest BCUT2D eigenvalue weighted by atomic mass is 32.1. The van der Waals surface area contributed by atoms with Crippen molar-refractivity contribution in [1.82, 2.24) is 4.90 Å². The standard InChI is InChI=1S/C16H17N3O4S/c1-18(2)10-17-13-8-14(24-15(13)9-16(20)23-3)11-4-6-12(7-5-11)19(21)22/h4-8,10H,9H2,1-3H3. The zero-order valence-electron chi connectivity index (χ0n) is 13.6. The molecule has 0 aliphatic rings. The van der Waals surface area contributed by atoms with Gasteiger partial charge >= 0.3 is 5.97 Å². The maximum absolute atomic E-state index is 11.6. The fraction of sp³-hybridized carbons (Fsp3) is 0.250. The number of methoxy groups -OCH3 is 1. The van der Waals surface area contributed by atoms with Gasteiger partial charge in [0.25, 0.3) is 5.69 Å². The van der Waals surface area contributed by atoms with Gasteiger partial charge in [-0.15, -0.1) is 11.3 Å². The van der Waals surface area contributed by atoms with Crippen molar-refractivity contribution >= 4 is 35.0 Å². The minimum atomic E-state index is -0.437. The largest absolute Gasteiger partial charge is 0.469 e. The number of hydrogen-bond donors (Lipinski definition) is 0. The van der Waals surface area contributed by atoms with E-state index in [1.807, 2.05) is 20.2 Å². The van der Waals surface area contributed by atoms with Crippen LogP contribution in [-0.2, 0) is 16.0 Å². The molecule has 0 saturated carbocycles. The lowest BCUT2D eigenvalue weighted by Crippen LogP contribution is -2.07. The summed E-state index contributed by atoms with van der Waals surface area (Å²) in [5, 5.41) is 10.7. The summed E-state index contributed by atoms with van der Waals surface area (Å²) in [6, 6.07) is 8.15. The number of esters is 1. The number of carbonyl (C=O) groups excluding carboxylic acids is 1. The highest BCUT2D eigenvalue weighted by Gasteiger charge is 2.14. The van der Waals surface area contributed by atoms with Crippen LogP contribution in [0.25, 0.3) is 10.4 Å². The number of carbonyl (C=O) groups is 1. The number of thiophene rings is 1. The number of hydrogen-bond acceptors (Lipinski definition) is 6. The van der Waals surface area contributed by atoms with Gasteiger partial charge in [0.05, 0.1) is 30.5 Å². The third kappa shape index (κ3) is 4.39. The van der Waals surface area contributed by atoms with E-state index in [9.17, 15) is 14.9 Å². The van der Waals surface area contributed by atoms with Gasteiger partial charge in [0.15, 0.2) is 0 Å². The third-order valence-corrected chi connectivity index (χ3v) is 4.28. The van der Waals surface area contributed by atoms with Gasteiger partial charge < -0.3 is 9.64 Å². The Morgan fingerprint density at radius 1 is 1.38 bits per heavy atom. The molecule has 0 amide bonds. The summed E-state index contributed by atoms with van der Waals surface area (Å²) in [5.74, 6) is -0.339. The molecule has 0 saturated heterocycles. The van der Waals surface area contributed by atoms with Gasteiger partial charge in [-0.05, 0) is 23.8 Å². The van der Waals surface area contributed by atoms with Crippen molar-refractivity contribution in [1.29, 1.82) is 0 Å². The van der Waals surface area contributed by atoms with Crippen LogP contribution < -0.4 is 0 Å². The molecule has 7 nitrogen and oxygen atoms in total. The van der Waals surface area contributed by atoms with Crippen LogP contribution in [0, 0.1) is 10.1 Å². The summed E-state index contributed by atoms with van der Waals surface area (Å²) in [5.41, 5.74) is 1.56. The van der Waals surface area contributed by atoms with Crippen molar-refractivity contribution < 1.29 is 14.5 Å². The van der Waals surface area contributed by atoms with Crippen LogP contribution in [0.5, 0.6) is 0 Å². The molecular weight excluding hydrogens is 330 g/mol. The number of non-ortho nitro benzene ring substituents is 1. The van der Waals surface area contributed by atoms with Gasteiger partial charge in [0.2, 0.25) is 0 Å². The Balaban J connectivity index is 2.37. The highest BCUT2D eigenvalue weighted by molar-refractivity contribution is 7.16. The Labute approximate surface area is 143 Å². The fourth-order valence-corrected chi connectivity index (χ4v) is 3.02. The van der Waals surface area contributed by atoms with Gasteiger partial charge in [0, 0.05) is 36.0 Å². The molecule has 8 heteroatoms. The van der Waals surface area contributed by atoms with E-state index in [4.69, 9.17) is 4.74 Å². The van der Waals surface area contributed by atoms with Crippen molar-refractivity contribution in [2.24, 2.45) is 4.99 Å². The van der Waals surface area contributed by atoms with E-state index in [1.165, 1.54) is 30.6 Å². The molecule has 0 N–H and O–H groups in total. The number of nitrogens with zero attached hydrogens (tertiary/aromatic N) is 3. The molecular formula is C16H17N3O4S. The first-order valence-corrected chi connectivity index (χ1v) is 7.87. The Hall–Kier alpha value is -2.74. The minimum Gasteiger partial charge on any atom is -0.469 e. The number of aliphatic imine (C=N–C) groups is 1. The third-order valence-electron chi connectivity index (χ3n) is 3.11. The molecule has 0 spiro atoms. The normalized spacial score (nSPS) is 10.8. The molecule has 2 aromatic rings. The van der Waals surface area contributed by atoms with Gasteiger partial charge in [-0.2, -0.15) is 0 Å². The van der Waals surface area contributed by atoms with Crippen molar-refractivity contribution in [3.05, 3.63) is 45.3 Å². The molecule has 0 aliphatic heterocycles. The Morgan fingerprint density at radius 2 is 2.04 bits per heavy atom. The van der Waals surface area contributed by atoms with E-state index < -0.39 is 4.92 Å². The van der Waals surface area contributed by atoms with Crippen molar-refractivity contribution in [3.8, 4) is 10.4 Å². The fourth-order valence-electron chi connectivity index (χ4n) is 1.93. The molecule has 1 aromatic carbocycles. The van der Waals surface area contributed by atoms with E-state index >= 15 is 0 Å². The maximum atomic E-state index is 11.6. The number of ether oxygens (including phenoxy) is 1. The van der Waals surface area contributed by atoms with E-state index in [0.29, 0.717) is 5.69 Å². The topological polar surface area (TPSA) is 85.0 Å². The smallest absolute Gasteiger partial charge is 0.310 e. The summed E-state index contributed by atoms with van der Waals surface area (Å²) in [4.78, 5) is 29.7. The lowest BCUT2D eigenvalue weighted by Gasteiger charge is -2.02. The lowest BCUT2D eigenvalue weighted by atomic mass is 10.1. The van der Waals surface area contributed by atoms with Crippen LogP contribution >= 0.6 is 11.3 Å². The summed E-state index contributed by atoms with van der Waals surface area (Å²) in [6.45, 7) is 0. The quantitative estimate of drug-likeness (QED) is 0.263. The SMILES string of the molecule is COC(=O)Cc1sc(-c2ccc([N+](=O)[O-])cc2)cc1N=CN(C)C.